The summed E-state index contributed by atoms with van der Waals surface area (Å²) >= 11 is 0. The number of carbonyl (C=O) groups excluding carboxylic acids is 1. The fourth-order valence-corrected chi connectivity index (χ4v) is 6.09. The molecule has 0 spiro atoms. The molecule has 0 bridgehead atoms. The number of carbonyl (C=O) groups is 1. The first kappa shape index (κ1) is 45.4. The second kappa shape index (κ2) is 37.2. The summed E-state index contributed by atoms with van der Waals surface area (Å²) in [5, 5.41) is 0. The van der Waals surface area contributed by atoms with E-state index in [2.05, 4.69) is 88.1 Å². The Balaban J connectivity index is 4.22. The van der Waals surface area contributed by atoms with Crippen LogP contribution in [0.3, 0.4) is 0 Å². The van der Waals surface area contributed by atoms with E-state index in [1.54, 1.807) is 0 Å². The fraction of sp³-hybridized carbons (Fsp3) is 0.795. The van der Waals surface area contributed by atoms with E-state index in [0.717, 1.165) is 38.8 Å². The lowest BCUT2D eigenvalue weighted by Crippen LogP contribution is -2.32. The molecular weight excluding hydrogens is 574 g/mol. The van der Waals surface area contributed by atoms with Crippen molar-refractivity contribution in [1.29, 1.82) is 0 Å². The van der Waals surface area contributed by atoms with Gasteiger partial charge in [-0.3, -0.25) is 4.79 Å². The van der Waals surface area contributed by atoms with Crippen LogP contribution >= 0.6 is 0 Å². The highest BCUT2D eigenvalue weighted by atomic mass is 16.5. The Morgan fingerprint density at radius 3 is 1.53 bits per heavy atom. The normalized spacial score (nSPS) is 13.1. The molecule has 3 nitrogen and oxygen atoms in total. The lowest BCUT2D eigenvalue weighted by Gasteiger charge is -2.24. The summed E-state index contributed by atoms with van der Waals surface area (Å²) in [6.07, 6.45) is 49.8. The predicted molar refractivity (Wildman–Crippen MR) is 210 cm³/mol. The number of hydrogen-bond acceptors (Lipinski definition) is 3. The van der Waals surface area contributed by atoms with Crippen LogP contribution in [-0.2, 0) is 9.53 Å². The molecule has 0 radical (unpaired) electrons. The Morgan fingerprint density at radius 2 is 1.02 bits per heavy atom. The van der Waals surface area contributed by atoms with Crippen LogP contribution in [0.4, 0.5) is 0 Å². The summed E-state index contributed by atoms with van der Waals surface area (Å²) < 4.78 is 6.08. The van der Waals surface area contributed by atoms with Gasteiger partial charge in [0, 0.05) is 12.5 Å². The number of hydrogen-bond donors (Lipinski definition) is 0. The summed E-state index contributed by atoms with van der Waals surface area (Å²) in [4.78, 5) is 15.2. The van der Waals surface area contributed by atoms with Gasteiger partial charge in [0.25, 0.3) is 0 Å². The minimum Gasteiger partial charge on any atom is -0.462 e. The van der Waals surface area contributed by atoms with Crippen molar-refractivity contribution in [2.24, 2.45) is 0 Å². The lowest BCUT2D eigenvalue weighted by molar-refractivity contribution is -0.150. The average molecular weight is 656 g/mol. The maximum atomic E-state index is 12.8. The molecular formula is C44H81NO2. The van der Waals surface area contributed by atoms with Crippen molar-refractivity contribution in [2.45, 2.75) is 214 Å². The summed E-state index contributed by atoms with van der Waals surface area (Å²) in [7, 11) is 0. The molecule has 0 aromatic heterocycles. The number of ether oxygens (including phenoxy) is 1. The molecule has 0 N–H and O–H groups in total. The van der Waals surface area contributed by atoms with Gasteiger partial charge in [0.1, 0.15) is 6.10 Å². The molecule has 0 heterocycles. The van der Waals surface area contributed by atoms with Crippen molar-refractivity contribution in [3.8, 4) is 0 Å². The third-order valence-electron chi connectivity index (χ3n) is 9.24. The third kappa shape index (κ3) is 34.1. The smallest absolute Gasteiger partial charge is 0.306 e. The van der Waals surface area contributed by atoms with E-state index in [9.17, 15) is 4.79 Å². The second-order valence-electron chi connectivity index (χ2n) is 14.0. The number of unbranched alkanes of at least 4 members (excludes halogenated alkanes) is 17. The van der Waals surface area contributed by atoms with Crippen molar-refractivity contribution in [2.75, 3.05) is 13.1 Å². The Bertz CT molecular complexity index is 765. The first-order chi connectivity index (χ1) is 23.0. The van der Waals surface area contributed by atoms with Gasteiger partial charge >= 0.3 is 5.97 Å². The molecule has 0 aromatic rings. The molecule has 1 unspecified atom stereocenters. The van der Waals surface area contributed by atoms with Gasteiger partial charge in [-0.2, -0.15) is 0 Å². The van der Waals surface area contributed by atoms with Crippen molar-refractivity contribution in [3.63, 3.8) is 0 Å². The van der Waals surface area contributed by atoms with Gasteiger partial charge in [0.15, 0.2) is 0 Å². The monoisotopic (exact) mass is 656 g/mol. The Kier molecular flexibility index (Phi) is 35.9. The molecule has 0 amide bonds. The van der Waals surface area contributed by atoms with Crippen molar-refractivity contribution in [3.05, 3.63) is 48.6 Å². The second-order valence-corrected chi connectivity index (χ2v) is 14.0. The van der Waals surface area contributed by atoms with E-state index in [1.807, 2.05) is 0 Å². The van der Waals surface area contributed by atoms with Crippen molar-refractivity contribution < 1.29 is 9.53 Å². The number of allylic oxidation sites excluding steroid dienone is 8. The van der Waals surface area contributed by atoms with Gasteiger partial charge in [-0.15, -0.1) is 0 Å². The lowest BCUT2D eigenvalue weighted by atomic mass is 10.0. The zero-order chi connectivity index (χ0) is 34.5. The van der Waals surface area contributed by atoms with Crippen LogP contribution in [-0.4, -0.2) is 36.1 Å². The third-order valence-corrected chi connectivity index (χ3v) is 9.24. The SMILES string of the molecule is CCCC/C=C/C=C/CCCCCCCCC(CCCCCCCC/C=C\C/C=C\CCCCC)OC(=O)CCCN(CC)C(C)C. The molecule has 0 aliphatic rings. The van der Waals surface area contributed by atoms with Crippen LogP contribution in [0.2, 0.25) is 0 Å². The molecule has 1 atom stereocenters. The highest BCUT2D eigenvalue weighted by molar-refractivity contribution is 5.69. The number of rotatable bonds is 35. The standard InChI is InChI=1S/C44H81NO2/c1-6-9-11-13-15-17-19-21-23-24-26-28-30-32-34-36-39-43(47-44(46)40-37-41-45(8-3)42(4)5)38-35-33-31-29-27-25-22-20-18-16-14-12-10-7-2/h14-18,20-21,23,42-43H,6-13,19,22,24-41H2,1-5H3/b16-14+,17-15-,20-18+,23-21-. The number of nitrogens with zero attached hydrogens (tertiary/aromatic N) is 1. The molecule has 0 aliphatic carbocycles. The molecule has 0 aromatic carbocycles. The highest BCUT2D eigenvalue weighted by Gasteiger charge is 2.15. The highest BCUT2D eigenvalue weighted by Crippen LogP contribution is 2.18. The molecule has 274 valence electrons. The van der Waals surface area contributed by atoms with Gasteiger partial charge in [-0.1, -0.05) is 146 Å². The summed E-state index contributed by atoms with van der Waals surface area (Å²) in [5.41, 5.74) is 0. The summed E-state index contributed by atoms with van der Waals surface area (Å²) in [5.74, 6) is 0.0168. The Morgan fingerprint density at radius 1 is 0.553 bits per heavy atom. The summed E-state index contributed by atoms with van der Waals surface area (Å²) in [6.45, 7) is 13.2. The Hall–Kier alpha value is -1.61. The van der Waals surface area contributed by atoms with E-state index in [1.165, 1.54) is 135 Å². The molecule has 47 heavy (non-hydrogen) atoms. The van der Waals surface area contributed by atoms with Crippen molar-refractivity contribution >= 4 is 5.97 Å². The van der Waals surface area contributed by atoms with E-state index in [-0.39, 0.29) is 12.1 Å². The molecule has 0 fully saturated rings. The Labute approximate surface area is 295 Å². The summed E-state index contributed by atoms with van der Waals surface area (Å²) in [6, 6.07) is 0.529. The first-order valence-corrected chi connectivity index (χ1v) is 20.6. The molecule has 0 saturated heterocycles. The van der Waals surface area contributed by atoms with Crippen LogP contribution in [0.5, 0.6) is 0 Å². The van der Waals surface area contributed by atoms with Gasteiger partial charge in [-0.05, 0) is 110 Å². The van der Waals surface area contributed by atoms with Gasteiger partial charge in [-0.25, -0.2) is 0 Å². The first-order valence-electron chi connectivity index (χ1n) is 20.6. The van der Waals surface area contributed by atoms with Crippen LogP contribution in [0.1, 0.15) is 202 Å². The van der Waals surface area contributed by atoms with E-state index in [4.69, 9.17) is 4.74 Å². The topological polar surface area (TPSA) is 29.5 Å². The van der Waals surface area contributed by atoms with Gasteiger partial charge in [0.05, 0.1) is 0 Å². The fourth-order valence-electron chi connectivity index (χ4n) is 6.09. The molecule has 3 heteroatoms. The van der Waals surface area contributed by atoms with Crippen molar-refractivity contribution in [1.82, 2.24) is 4.90 Å². The minimum atomic E-state index is 0.0168. The van der Waals surface area contributed by atoms with E-state index in [0.29, 0.717) is 12.5 Å². The maximum absolute atomic E-state index is 12.8. The van der Waals surface area contributed by atoms with Crippen LogP contribution in [0.15, 0.2) is 48.6 Å². The maximum Gasteiger partial charge on any atom is 0.306 e. The zero-order valence-electron chi connectivity index (χ0n) is 32.3. The predicted octanol–water partition coefficient (Wildman–Crippen LogP) is 14.0. The van der Waals surface area contributed by atoms with E-state index >= 15 is 0 Å². The molecule has 0 aliphatic heterocycles. The quantitative estimate of drug-likeness (QED) is 0.0294. The van der Waals surface area contributed by atoms with Crippen LogP contribution < -0.4 is 0 Å². The van der Waals surface area contributed by atoms with E-state index < -0.39 is 0 Å². The minimum absolute atomic E-state index is 0.0168. The number of esters is 1. The zero-order valence-corrected chi connectivity index (χ0v) is 32.3. The van der Waals surface area contributed by atoms with Crippen LogP contribution in [0, 0.1) is 0 Å². The average Bonchev–Trinajstić information content (AvgIpc) is 3.06. The van der Waals surface area contributed by atoms with Crippen LogP contribution in [0.25, 0.3) is 0 Å². The molecule has 0 rings (SSSR count). The van der Waals surface area contributed by atoms with Gasteiger partial charge < -0.3 is 9.64 Å². The largest absolute Gasteiger partial charge is 0.462 e. The van der Waals surface area contributed by atoms with Gasteiger partial charge in [0.2, 0.25) is 0 Å². The molecule has 0 saturated carbocycles.